The molecular weight excluding hydrogens is 372 g/mol. The van der Waals surface area contributed by atoms with Gasteiger partial charge in [0, 0.05) is 18.3 Å². The largest absolute Gasteiger partial charge is 0.493 e. The van der Waals surface area contributed by atoms with Gasteiger partial charge >= 0.3 is 5.97 Å². The SMILES string of the molecule is CCOc1ccc2ccccc2c1C1NC(=S)N(C)C(C)=C1C(=O)OC(C)C. The molecule has 1 heterocycles. The van der Waals surface area contributed by atoms with Crippen LogP contribution in [-0.2, 0) is 9.53 Å². The van der Waals surface area contributed by atoms with Crippen molar-refractivity contribution >= 4 is 34.1 Å². The van der Waals surface area contributed by atoms with E-state index >= 15 is 0 Å². The number of rotatable bonds is 5. The summed E-state index contributed by atoms with van der Waals surface area (Å²) in [7, 11) is 1.84. The van der Waals surface area contributed by atoms with Crippen LogP contribution in [-0.4, -0.2) is 35.7 Å². The van der Waals surface area contributed by atoms with Gasteiger partial charge in [-0.15, -0.1) is 0 Å². The molecule has 0 aliphatic carbocycles. The van der Waals surface area contributed by atoms with E-state index in [1.54, 1.807) is 4.90 Å². The molecule has 0 spiro atoms. The molecular formula is C22H26N2O3S. The average Bonchev–Trinajstić information content (AvgIpc) is 2.65. The average molecular weight is 399 g/mol. The molecule has 1 atom stereocenters. The Bertz CT molecular complexity index is 952. The Kier molecular flexibility index (Phi) is 5.89. The molecule has 2 aromatic carbocycles. The van der Waals surface area contributed by atoms with E-state index in [1.807, 2.05) is 71.1 Å². The van der Waals surface area contributed by atoms with E-state index in [-0.39, 0.29) is 12.1 Å². The topological polar surface area (TPSA) is 50.8 Å². The highest BCUT2D eigenvalue weighted by molar-refractivity contribution is 7.80. The van der Waals surface area contributed by atoms with Crippen LogP contribution in [0.25, 0.3) is 10.8 Å². The van der Waals surface area contributed by atoms with Gasteiger partial charge in [0.05, 0.1) is 24.3 Å². The summed E-state index contributed by atoms with van der Waals surface area (Å²) in [5.74, 6) is 0.378. The monoisotopic (exact) mass is 398 g/mol. The van der Waals surface area contributed by atoms with Crippen LogP contribution < -0.4 is 10.1 Å². The Labute approximate surface area is 171 Å². The zero-order valence-corrected chi connectivity index (χ0v) is 17.7. The third kappa shape index (κ3) is 3.69. The standard InChI is InChI=1S/C22H26N2O3S/c1-6-26-17-12-11-15-9-7-8-10-16(15)19(17)20-18(21(25)27-13(2)3)14(4)24(5)22(28)23-20/h7-13,20H,6H2,1-5H3,(H,23,28). The number of carbonyl (C=O) groups excluding carboxylic acids is 1. The lowest BCUT2D eigenvalue weighted by Crippen LogP contribution is -2.46. The van der Waals surface area contributed by atoms with Gasteiger partial charge in [-0.25, -0.2) is 4.79 Å². The molecule has 2 aromatic rings. The summed E-state index contributed by atoms with van der Waals surface area (Å²) in [4.78, 5) is 14.8. The van der Waals surface area contributed by atoms with Crippen molar-refractivity contribution in [3.05, 3.63) is 53.2 Å². The minimum absolute atomic E-state index is 0.216. The third-order valence-electron chi connectivity index (χ3n) is 4.84. The molecule has 3 rings (SSSR count). The van der Waals surface area contributed by atoms with Gasteiger partial charge in [0.1, 0.15) is 5.75 Å². The van der Waals surface area contributed by atoms with Crippen LogP contribution >= 0.6 is 12.2 Å². The van der Waals surface area contributed by atoms with Crippen molar-refractivity contribution in [2.75, 3.05) is 13.7 Å². The van der Waals surface area contributed by atoms with E-state index in [4.69, 9.17) is 21.7 Å². The summed E-state index contributed by atoms with van der Waals surface area (Å²) in [5, 5.41) is 5.97. The van der Waals surface area contributed by atoms with Crippen LogP contribution in [0.1, 0.15) is 39.3 Å². The van der Waals surface area contributed by atoms with Crippen LogP contribution in [0.15, 0.2) is 47.7 Å². The first kappa shape index (κ1) is 20.1. The van der Waals surface area contributed by atoms with Gasteiger partial charge in [-0.2, -0.15) is 0 Å². The van der Waals surface area contributed by atoms with Crippen molar-refractivity contribution in [2.24, 2.45) is 0 Å². The van der Waals surface area contributed by atoms with E-state index in [9.17, 15) is 4.79 Å². The number of nitrogens with zero attached hydrogens (tertiary/aromatic N) is 1. The fraction of sp³-hybridized carbons (Fsp3) is 0.364. The molecule has 5 nitrogen and oxygen atoms in total. The van der Waals surface area contributed by atoms with Crippen molar-refractivity contribution < 1.29 is 14.3 Å². The zero-order valence-electron chi connectivity index (χ0n) is 16.9. The maximum Gasteiger partial charge on any atom is 0.338 e. The zero-order chi connectivity index (χ0) is 20.4. The number of hydrogen-bond acceptors (Lipinski definition) is 4. The summed E-state index contributed by atoms with van der Waals surface area (Å²) in [6.45, 7) is 8.05. The van der Waals surface area contributed by atoms with E-state index in [0.717, 1.165) is 27.8 Å². The fourth-order valence-corrected chi connectivity index (χ4v) is 3.70. The molecule has 0 bridgehead atoms. The molecule has 0 fully saturated rings. The van der Waals surface area contributed by atoms with Crippen molar-refractivity contribution in [3.63, 3.8) is 0 Å². The maximum absolute atomic E-state index is 13.0. The Morgan fingerprint density at radius 2 is 1.96 bits per heavy atom. The highest BCUT2D eigenvalue weighted by atomic mass is 32.1. The van der Waals surface area contributed by atoms with Gasteiger partial charge in [-0.1, -0.05) is 30.3 Å². The molecule has 28 heavy (non-hydrogen) atoms. The normalized spacial score (nSPS) is 17.1. The quantitative estimate of drug-likeness (QED) is 0.598. The first-order chi connectivity index (χ1) is 13.3. The van der Waals surface area contributed by atoms with Crippen molar-refractivity contribution in [3.8, 4) is 5.75 Å². The van der Waals surface area contributed by atoms with Gasteiger partial charge in [0.2, 0.25) is 0 Å². The molecule has 1 unspecified atom stereocenters. The van der Waals surface area contributed by atoms with E-state index in [2.05, 4.69) is 5.32 Å². The van der Waals surface area contributed by atoms with Crippen LogP contribution in [0, 0.1) is 0 Å². The number of thiocarbonyl (C=S) groups is 1. The van der Waals surface area contributed by atoms with Crippen LogP contribution in [0.2, 0.25) is 0 Å². The van der Waals surface area contributed by atoms with Crippen molar-refractivity contribution in [2.45, 2.75) is 39.8 Å². The first-order valence-electron chi connectivity index (χ1n) is 9.45. The van der Waals surface area contributed by atoms with Crippen molar-refractivity contribution in [1.82, 2.24) is 10.2 Å². The number of fused-ring (bicyclic) bond motifs is 1. The number of carbonyl (C=O) groups is 1. The summed E-state index contributed by atoms with van der Waals surface area (Å²) in [6, 6.07) is 11.6. The second kappa shape index (κ2) is 8.19. The Hall–Kier alpha value is -2.60. The Morgan fingerprint density at radius 1 is 1.25 bits per heavy atom. The molecule has 148 valence electrons. The number of hydrogen-bond donors (Lipinski definition) is 1. The smallest absolute Gasteiger partial charge is 0.338 e. The van der Waals surface area contributed by atoms with E-state index in [0.29, 0.717) is 17.3 Å². The molecule has 1 aliphatic heterocycles. The molecule has 1 aliphatic rings. The second-order valence-corrected chi connectivity index (χ2v) is 7.41. The third-order valence-corrected chi connectivity index (χ3v) is 5.23. The lowest BCUT2D eigenvalue weighted by molar-refractivity contribution is -0.143. The van der Waals surface area contributed by atoms with Crippen LogP contribution in [0.3, 0.4) is 0 Å². The first-order valence-corrected chi connectivity index (χ1v) is 9.86. The predicted octanol–water partition coefficient (Wildman–Crippen LogP) is 4.33. The summed E-state index contributed by atoms with van der Waals surface area (Å²) >= 11 is 5.53. The van der Waals surface area contributed by atoms with Gasteiger partial charge < -0.3 is 19.7 Å². The summed E-state index contributed by atoms with van der Waals surface area (Å²) in [6.07, 6.45) is -0.216. The van der Waals surface area contributed by atoms with E-state index < -0.39 is 6.04 Å². The van der Waals surface area contributed by atoms with Gasteiger partial charge in [0.25, 0.3) is 0 Å². The molecule has 6 heteroatoms. The molecule has 0 radical (unpaired) electrons. The molecule has 0 saturated carbocycles. The molecule has 0 aromatic heterocycles. The second-order valence-electron chi connectivity index (χ2n) is 7.03. The number of esters is 1. The maximum atomic E-state index is 13.0. The van der Waals surface area contributed by atoms with Crippen LogP contribution in [0.5, 0.6) is 5.75 Å². The predicted molar refractivity (Wildman–Crippen MR) is 115 cm³/mol. The highest BCUT2D eigenvalue weighted by Crippen LogP contribution is 2.40. The highest BCUT2D eigenvalue weighted by Gasteiger charge is 2.36. The van der Waals surface area contributed by atoms with E-state index in [1.165, 1.54) is 0 Å². The Balaban J connectivity index is 2.26. The minimum Gasteiger partial charge on any atom is -0.493 e. The number of benzene rings is 2. The van der Waals surface area contributed by atoms with Gasteiger partial charge in [0.15, 0.2) is 5.11 Å². The lowest BCUT2D eigenvalue weighted by atomic mass is 9.90. The lowest BCUT2D eigenvalue weighted by Gasteiger charge is -2.36. The van der Waals surface area contributed by atoms with Gasteiger partial charge in [-0.05, 0) is 56.8 Å². The number of ether oxygens (including phenoxy) is 2. The van der Waals surface area contributed by atoms with Crippen LogP contribution in [0.4, 0.5) is 0 Å². The summed E-state index contributed by atoms with van der Waals surface area (Å²) < 4.78 is 11.5. The summed E-state index contributed by atoms with van der Waals surface area (Å²) in [5.41, 5.74) is 2.21. The Morgan fingerprint density at radius 3 is 2.64 bits per heavy atom. The molecule has 0 amide bonds. The molecule has 0 saturated heterocycles. The number of nitrogens with one attached hydrogen (secondary N) is 1. The fourth-order valence-electron chi connectivity index (χ4n) is 3.45. The van der Waals surface area contributed by atoms with Gasteiger partial charge in [-0.3, -0.25) is 0 Å². The van der Waals surface area contributed by atoms with Crippen molar-refractivity contribution in [1.29, 1.82) is 0 Å². The molecule has 1 N–H and O–H groups in total. The number of allylic oxidation sites excluding steroid dienone is 1. The minimum atomic E-state index is -0.456.